The van der Waals surface area contributed by atoms with Crippen LogP contribution in [0.25, 0.3) is 0 Å². The third-order valence-corrected chi connectivity index (χ3v) is 4.26. The maximum Gasteiger partial charge on any atom is 0.281 e. The first-order valence-electron chi connectivity index (χ1n) is 8.67. The van der Waals surface area contributed by atoms with Crippen molar-refractivity contribution in [2.75, 3.05) is 6.61 Å². The van der Waals surface area contributed by atoms with Crippen LogP contribution in [0.5, 0.6) is 0 Å². The predicted octanol–water partition coefficient (Wildman–Crippen LogP) is 3.96. The summed E-state index contributed by atoms with van der Waals surface area (Å²) in [7, 11) is 0. The average molecular weight is 387 g/mol. The minimum atomic E-state index is -3.01. The minimum Gasteiger partial charge on any atom is -0.490 e. The Morgan fingerprint density at radius 1 is 1.22 bits per heavy atom. The van der Waals surface area contributed by atoms with Crippen LogP contribution in [-0.2, 0) is 10.3 Å². The Labute approximate surface area is 156 Å². The van der Waals surface area contributed by atoms with Crippen LogP contribution in [0.4, 0.5) is 17.6 Å². The van der Waals surface area contributed by atoms with Gasteiger partial charge in [0.25, 0.3) is 12.9 Å². The molecule has 1 aromatic heterocycles. The molecule has 0 bridgehead atoms. The van der Waals surface area contributed by atoms with Gasteiger partial charge in [-0.05, 0) is 49.1 Å². The average Bonchev–Trinajstić information content (AvgIpc) is 2.59. The number of aromatic nitrogens is 1. The van der Waals surface area contributed by atoms with E-state index >= 15 is 0 Å². The van der Waals surface area contributed by atoms with Crippen molar-refractivity contribution in [1.29, 1.82) is 0 Å². The predicted molar refractivity (Wildman–Crippen MR) is 95.2 cm³/mol. The Hall–Kier alpha value is -2.09. The topological polar surface area (TPSA) is 60.2 Å². The second kappa shape index (κ2) is 8.29. The number of hydrogen-bond acceptors (Lipinski definition) is 4. The van der Waals surface area contributed by atoms with E-state index in [1.54, 1.807) is 6.92 Å². The molecule has 2 rings (SSSR count). The van der Waals surface area contributed by atoms with Gasteiger partial charge in [0.05, 0.1) is 0 Å². The van der Waals surface area contributed by atoms with Gasteiger partial charge < -0.3 is 15.8 Å². The summed E-state index contributed by atoms with van der Waals surface area (Å²) < 4.78 is 60.5. The highest BCUT2D eigenvalue weighted by Crippen LogP contribution is 2.36. The van der Waals surface area contributed by atoms with Crippen molar-refractivity contribution in [3.05, 3.63) is 53.7 Å². The summed E-state index contributed by atoms with van der Waals surface area (Å²) in [5.74, 6) is 0.112. The normalized spacial score (nSPS) is 22.3. The fraction of sp³-hybridized carbons (Fsp3) is 0.526. The number of ether oxygens (including phenoxy) is 1. The number of nitrogens with zero attached hydrogens (tertiary/aromatic N) is 1. The van der Waals surface area contributed by atoms with Gasteiger partial charge in [0.2, 0.25) is 0 Å². The molecule has 0 radical (unpaired) electrons. The lowest BCUT2D eigenvalue weighted by atomic mass is 9.87. The first-order valence-corrected chi connectivity index (χ1v) is 8.67. The molecule has 3 N–H and O–H groups in total. The number of dihydropyridines is 1. The van der Waals surface area contributed by atoms with Gasteiger partial charge in [0.15, 0.2) is 0 Å². The van der Waals surface area contributed by atoms with E-state index in [0.717, 1.165) is 12.2 Å². The van der Waals surface area contributed by atoms with E-state index in [0.29, 0.717) is 12.3 Å². The van der Waals surface area contributed by atoms with Gasteiger partial charge in [-0.2, -0.15) is 0 Å². The van der Waals surface area contributed by atoms with Crippen LogP contribution in [0.1, 0.15) is 32.8 Å². The molecule has 1 aliphatic heterocycles. The lowest BCUT2D eigenvalue weighted by Gasteiger charge is -2.37. The highest BCUT2D eigenvalue weighted by Gasteiger charge is 2.44. The summed E-state index contributed by atoms with van der Waals surface area (Å²) in [5.41, 5.74) is 2.78. The fourth-order valence-corrected chi connectivity index (χ4v) is 3.19. The molecule has 0 spiro atoms. The van der Waals surface area contributed by atoms with Crippen molar-refractivity contribution in [3.8, 4) is 0 Å². The first kappa shape index (κ1) is 21.2. The number of nitrogens with two attached hydrogens (primary N) is 1. The summed E-state index contributed by atoms with van der Waals surface area (Å²) in [4.78, 5) is 3.78. The molecule has 0 amide bonds. The molecule has 4 nitrogen and oxygen atoms in total. The second-order valence-electron chi connectivity index (χ2n) is 7.48. The van der Waals surface area contributed by atoms with E-state index in [-0.39, 0.29) is 17.9 Å². The lowest BCUT2D eigenvalue weighted by Crippen LogP contribution is -2.50. The highest BCUT2D eigenvalue weighted by molar-refractivity contribution is 5.39. The number of pyridine rings is 1. The number of halogens is 4. The molecule has 150 valence electrons. The molecule has 0 aromatic carbocycles. The van der Waals surface area contributed by atoms with Crippen LogP contribution in [-0.4, -0.2) is 30.0 Å². The number of hydrogen-bond donors (Lipinski definition) is 2. The lowest BCUT2D eigenvalue weighted by molar-refractivity contribution is 0.0458. The Kier molecular flexibility index (Phi) is 6.51. The van der Waals surface area contributed by atoms with Crippen LogP contribution in [0.15, 0.2) is 48.1 Å². The Balaban J connectivity index is 2.30. The van der Waals surface area contributed by atoms with Crippen LogP contribution >= 0.6 is 0 Å². The molecule has 2 heterocycles. The zero-order valence-corrected chi connectivity index (χ0v) is 15.6. The van der Waals surface area contributed by atoms with E-state index in [9.17, 15) is 17.6 Å². The van der Waals surface area contributed by atoms with E-state index in [1.807, 2.05) is 13.8 Å². The Morgan fingerprint density at radius 3 is 2.37 bits per heavy atom. The largest absolute Gasteiger partial charge is 0.490 e. The summed E-state index contributed by atoms with van der Waals surface area (Å²) in [6, 6.07) is 2.72. The standard InChI is InChI=1S/C19H25F4N3O/c1-12(2)10-18(3,24)11-27-14-4-7-19(17(22)23,26-15(14)16(20)21)13-5-8-25-9-6-13/h4-9,12,16-17,26H,10-11,24H2,1-3H3. The van der Waals surface area contributed by atoms with E-state index in [4.69, 9.17) is 10.5 Å². The smallest absolute Gasteiger partial charge is 0.281 e. The number of allylic oxidation sites excluding steroid dienone is 2. The monoisotopic (exact) mass is 387 g/mol. The molecule has 8 heteroatoms. The van der Waals surface area contributed by atoms with Gasteiger partial charge in [0, 0.05) is 17.9 Å². The van der Waals surface area contributed by atoms with Crippen LogP contribution in [0.3, 0.4) is 0 Å². The summed E-state index contributed by atoms with van der Waals surface area (Å²) in [5, 5.41) is 2.31. The van der Waals surface area contributed by atoms with Crippen LogP contribution in [0, 0.1) is 5.92 Å². The summed E-state index contributed by atoms with van der Waals surface area (Å²) in [6.07, 6.45) is -0.386. The van der Waals surface area contributed by atoms with E-state index in [1.165, 1.54) is 24.5 Å². The molecule has 2 atom stereocenters. The van der Waals surface area contributed by atoms with Crippen LogP contribution < -0.4 is 11.1 Å². The van der Waals surface area contributed by atoms with Gasteiger partial charge in [-0.15, -0.1) is 0 Å². The fourth-order valence-electron chi connectivity index (χ4n) is 3.19. The van der Waals surface area contributed by atoms with Crippen molar-refractivity contribution in [2.24, 2.45) is 11.7 Å². The van der Waals surface area contributed by atoms with Gasteiger partial charge in [0.1, 0.15) is 23.6 Å². The van der Waals surface area contributed by atoms with Gasteiger partial charge in [-0.3, -0.25) is 4.98 Å². The number of rotatable bonds is 8. The van der Waals surface area contributed by atoms with Crippen molar-refractivity contribution in [1.82, 2.24) is 10.3 Å². The maximum atomic E-state index is 13.9. The summed E-state index contributed by atoms with van der Waals surface area (Å²) >= 11 is 0. The molecule has 0 aliphatic carbocycles. The SMILES string of the molecule is CC(C)CC(C)(N)COC1=C(C(F)F)NC(c2ccncc2)(C(F)F)C=C1. The molecule has 1 aliphatic rings. The third kappa shape index (κ3) is 5.00. The maximum absolute atomic E-state index is 13.9. The molecule has 2 unspecified atom stereocenters. The van der Waals surface area contributed by atoms with Crippen molar-refractivity contribution < 1.29 is 22.3 Å². The number of nitrogens with one attached hydrogen (secondary N) is 1. The van der Waals surface area contributed by atoms with Gasteiger partial charge >= 0.3 is 0 Å². The third-order valence-electron chi connectivity index (χ3n) is 4.26. The van der Waals surface area contributed by atoms with Gasteiger partial charge in [-0.25, -0.2) is 17.6 Å². The van der Waals surface area contributed by atoms with Crippen molar-refractivity contribution in [2.45, 2.75) is 51.1 Å². The van der Waals surface area contributed by atoms with Gasteiger partial charge in [-0.1, -0.05) is 13.8 Å². The molecular formula is C19H25F4N3O. The van der Waals surface area contributed by atoms with Crippen molar-refractivity contribution in [3.63, 3.8) is 0 Å². The Bertz CT molecular complexity index is 689. The Morgan fingerprint density at radius 2 is 1.85 bits per heavy atom. The zero-order chi connectivity index (χ0) is 20.2. The number of alkyl halides is 4. The molecule has 27 heavy (non-hydrogen) atoms. The van der Waals surface area contributed by atoms with E-state index < -0.39 is 29.6 Å². The highest BCUT2D eigenvalue weighted by atomic mass is 19.3. The first-order chi connectivity index (χ1) is 12.6. The van der Waals surface area contributed by atoms with Crippen LogP contribution in [0.2, 0.25) is 0 Å². The molecule has 0 saturated heterocycles. The molecule has 0 saturated carbocycles. The quantitative estimate of drug-likeness (QED) is 0.663. The second-order valence-corrected chi connectivity index (χ2v) is 7.48. The zero-order valence-electron chi connectivity index (χ0n) is 15.6. The molecular weight excluding hydrogens is 362 g/mol. The summed E-state index contributed by atoms with van der Waals surface area (Å²) in [6.45, 7) is 5.72. The minimum absolute atomic E-state index is 0.0142. The van der Waals surface area contributed by atoms with E-state index in [2.05, 4.69) is 10.3 Å². The molecule has 0 fully saturated rings. The van der Waals surface area contributed by atoms with Crippen molar-refractivity contribution >= 4 is 0 Å². The molecule has 1 aromatic rings.